The first-order valence-corrected chi connectivity index (χ1v) is 8.23. The summed E-state index contributed by atoms with van der Waals surface area (Å²) >= 11 is 3.11. The molecular formula is C18H17BrN2O4. The summed E-state index contributed by atoms with van der Waals surface area (Å²) in [4.78, 5) is 24.5. The summed E-state index contributed by atoms with van der Waals surface area (Å²) < 4.78 is 5.75. The van der Waals surface area contributed by atoms with Crippen LogP contribution in [0.25, 0.3) is 0 Å². The third-order valence-corrected chi connectivity index (χ3v) is 4.12. The number of nitro benzene ring substituents is 1. The molecule has 0 aromatic heterocycles. The lowest BCUT2D eigenvalue weighted by Crippen LogP contribution is -2.26. The fraction of sp³-hybridized carbons (Fsp3) is 0.167. The number of halogens is 1. The number of carbonyl (C=O) groups is 1. The van der Waals surface area contributed by atoms with Gasteiger partial charge in [0.05, 0.1) is 9.40 Å². The molecule has 25 heavy (non-hydrogen) atoms. The van der Waals surface area contributed by atoms with Crippen LogP contribution in [0.15, 0.2) is 59.6 Å². The summed E-state index contributed by atoms with van der Waals surface area (Å²) in [5.74, 6) is 0.434. The van der Waals surface area contributed by atoms with Gasteiger partial charge in [0.15, 0.2) is 0 Å². The summed E-state index contributed by atoms with van der Waals surface area (Å²) in [6, 6.07) is 11.7. The maximum Gasteiger partial charge on any atom is 0.284 e. The molecule has 2 aromatic carbocycles. The first-order chi connectivity index (χ1) is 11.9. The third kappa shape index (κ3) is 4.90. The summed E-state index contributed by atoms with van der Waals surface area (Å²) in [7, 11) is 1.65. The quantitative estimate of drug-likeness (QED) is 0.393. The van der Waals surface area contributed by atoms with Crippen molar-refractivity contribution in [1.82, 2.24) is 4.90 Å². The molecule has 1 amide bonds. The molecule has 7 heteroatoms. The van der Waals surface area contributed by atoms with Gasteiger partial charge in [0.2, 0.25) is 0 Å². The van der Waals surface area contributed by atoms with Gasteiger partial charge in [-0.25, -0.2) is 0 Å². The minimum Gasteiger partial charge on any atom is -0.490 e. The zero-order valence-electron chi connectivity index (χ0n) is 13.6. The Balaban J connectivity index is 2.08. The molecule has 0 spiro atoms. The molecule has 0 N–H and O–H groups in total. The van der Waals surface area contributed by atoms with Gasteiger partial charge in [-0.15, -0.1) is 0 Å². The molecule has 0 radical (unpaired) electrons. The molecule has 0 heterocycles. The molecule has 0 saturated heterocycles. The highest BCUT2D eigenvalue weighted by atomic mass is 79.9. The van der Waals surface area contributed by atoms with Crippen LogP contribution in [0, 0.1) is 10.1 Å². The fourth-order valence-electron chi connectivity index (χ4n) is 2.20. The van der Waals surface area contributed by atoms with Crippen molar-refractivity contribution in [2.24, 2.45) is 0 Å². The summed E-state index contributed by atoms with van der Waals surface area (Å²) in [6.45, 7) is 4.40. The Morgan fingerprint density at radius 2 is 2.00 bits per heavy atom. The van der Waals surface area contributed by atoms with E-state index in [2.05, 4.69) is 22.5 Å². The predicted octanol–water partition coefficient (Wildman–Crippen LogP) is 4.19. The first-order valence-electron chi connectivity index (χ1n) is 7.44. The van der Waals surface area contributed by atoms with E-state index in [1.165, 1.54) is 17.0 Å². The molecule has 0 unspecified atom stereocenters. The van der Waals surface area contributed by atoms with Crippen molar-refractivity contribution >= 4 is 27.5 Å². The van der Waals surface area contributed by atoms with E-state index in [0.717, 1.165) is 11.3 Å². The number of benzene rings is 2. The van der Waals surface area contributed by atoms with Crippen LogP contribution in [0.4, 0.5) is 5.69 Å². The number of hydrogen-bond donors (Lipinski definition) is 0. The van der Waals surface area contributed by atoms with Gasteiger partial charge in [-0.2, -0.15) is 0 Å². The second-order valence-corrected chi connectivity index (χ2v) is 6.18. The summed E-state index contributed by atoms with van der Waals surface area (Å²) in [6.07, 6.45) is 1.66. The lowest BCUT2D eigenvalue weighted by atomic mass is 10.1. The highest BCUT2D eigenvalue weighted by Crippen LogP contribution is 2.26. The van der Waals surface area contributed by atoms with Crippen LogP contribution in [0.2, 0.25) is 0 Å². The predicted molar refractivity (Wildman–Crippen MR) is 98.7 cm³/mol. The van der Waals surface area contributed by atoms with Gasteiger partial charge in [0, 0.05) is 25.2 Å². The number of carbonyl (C=O) groups excluding carboxylic acids is 1. The topological polar surface area (TPSA) is 72.7 Å². The normalized spacial score (nSPS) is 10.2. The first kappa shape index (κ1) is 18.7. The van der Waals surface area contributed by atoms with Gasteiger partial charge in [0.25, 0.3) is 11.6 Å². The van der Waals surface area contributed by atoms with Crippen LogP contribution in [-0.2, 0) is 6.54 Å². The smallest absolute Gasteiger partial charge is 0.284 e. The second-order valence-electron chi connectivity index (χ2n) is 5.33. The van der Waals surface area contributed by atoms with Gasteiger partial charge in [0.1, 0.15) is 12.4 Å². The third-order valence-electron chi connectivity index (χ3n) is 3.45. The van der Waals surface area contributed by atoms with Crippen LogP contribution in [0.3, 0.4) is 0 Å². The largest absolute Gasteiger partial charge is 0.490 e. The summed E-state index contributed by atoms with van der Waals surface area (Å²) in [5.41, 5.74) is 1.06. The van der Waals surface area contributed by atoms with Crippen LogP contribution in [0.5, 0.6) is 5.75 Å². The molecule has 0 atom stereocenters. The van der Waals surface area contributed by atoms with Crippen molar-refractivity contribution in [3.63, 3.8) is 0 Å². The van der Waals surface area contributed by atoms with Crippen molar-refractivity contribution in [3.8, 4) is 5.75 Å². The molecule has 2 rings (SSSR count). The van der Waals surface area contributed by atoms with E-state index in [-0.39, 0.29) is 17.2 Å². The summed E-state index contributed by atoms with van der Waals surface area (Å²) in [5, 5.41) is 11.0. The minimum absolute atomic E-state index is 0.136. The second kappa shape index (κ2) is 8.43. The van der Waals surface area contributed by atoms with Gasteiger partial charge >= 0.3 is 0 Å². The van der Waals surface area contributed by atoms with E-state index in [9.17, 15) is 14.9 Å². The number of rotatable bonds is 7. The number of hydrogen-bond acceptors (Lipinski definition) is 4. The van der Waals surface area contributed by atoms with E-state index >= 15 is 0 Å². The Morgan fingerprint density at radius 1 is 1.32 bits per heavy atom. The zero-order chi connectivity index (χ0) is 18.4. The molecule has 0 aliphatic carbocycles. The van der Waals surface area contributed by atoms with Gasteiger partial charge in [-0.1, -0.05) is 24.8 Å². The highest BCUT2D eigenvalue weighted by molar-refractivity contribution is 9.10. The van der Waals surface area contributed by atoms with Crippen LogP contribution in [-0.4, -0.2) is 29.4 Å². The lowest BCUT2D eigenvalue weighted by molar-refractivity contribution is -0.385. The van der Waals surface area contributed by atoms with Crippen molar-refractivity contribution in [1.29, 1.82) is 0 Å². The van der Waals surface area contributed by atoms with E-state index in [0.29, 0.717) is 17.6 Å². The van der Waals surface area contributed by atoms with Crippen LogP contribution in [0.1, 0.15) is 15.9 Å². The highest BCUT2D eigenvalue weighted by Gasteiger charge is 2.18. The standard InChI is InChI=1S/C18H17BrN2O4/c1-3-10-25-15-7-4-13(5-8-15)12-20(2)18(22)14-6-9-16(19)17(11-14)21(23)24/h3-9,11H,1,10,12H2,2H3. The van der Waals surface area contributed by atoms with Crippen molar-refractivity contribution in [2.45, 2.75) is 6.54 Å². The van der Waals surface area contributed by atoms with Gasteiger partial charge in [-0.3, -0.25) is 14.9 Å². The van der Waals surface area contributed by atoms with Crippen LogP contribution < -0.4 is 4.74 Å². The van der Waals surface area contributed by atoms with E-state index in [1.807, 2.05) is 24.3 Å². The molecule has 130 valence electrons. The van der Waals surface area contributed by atoms with E-state index in [1.54, 1.807) is 19.2 Å². The average molecular weight is 405 g/mol. The Kier molecular flexibility index (Phi) is 6.30. The lowest BCUT2D eigenvalue weighted by Gasteiger charge is -2.17. The molecule has 0 saturated carbocycles. The molecule has 0 bridgehead atoms. The Labute approximate surface area is 154 Å². The Bertz CT molecular complexity index is 790. The molecule has 0 aliphatic rings. The van der Waals surface area contributed by atoms with Gasteiger partial charge < -0.3 is 9.64 Å². The number of nitro groups is 1. The van der Waals surface area contributed by atoms with Gasteiger partial charge in [-0.05, 0) is 45.8 Å². The molecule has 0 fully saturated rings. The fourth-order valence-corrected chi connectivity index (χ4v) is 2.59. The Morgan fingerprint density at radius 3 is 2.60 bits per heavy atom. The zero-order valence-corrected chi connectivity index (χ0v) is 15.2. The minimum atomic E-state index is -0.525. The van der Waals surface area contributed by atoms with E-state index < -0.39 is 4.92 Å². The maximum atomic E-state index is 12.5. The molecule has 6 nitrogen and oxygen atoms in total. The molecule has 2 aromatic rings. The number of nitrogens with zero attached hydrogens (tertiary/aromatic N) is 2. The van der Waals surface area contributed by atoms with Crippen molar-refractivity contribution < 1.29 is 14.5 Å². The SMILES string of the molecule is C=CCOc1ccc(CN(C)C(=O)c2ccc(Br)c([N+](=O)[O-])c2)cc1. The van der Waals surface area contributed by atoms with Crippen molar-refractivity contribution in [3.05, 3.63) is 80.8 Å². The monoisotopic (exact) mass is 404 g/mol. The molecule has 0 aliphatic heterocycles. The Hall–Kier alpha value is -2.67. The average Bonchev–Trinajstić information content (AvgIpc) is 2.60. The number of ether oxygens (including phenoxy) is 1. The van der Waals surface area contributed by atoms with Crippen molar-refractivity contribution in [2.75, 3.05) is 13.7 Å². The van der Waals surface area contributed by atoms with Crippen LogP contribution >= 0.6 is 15.9 Å². The molecular weight excluding hydrogens is 388 g/mol. The number of amides is 1. The maximum absolute atomic E-state index is 12.5. The van der Waals surface area contributed by atoms with E-state index in [4.69, 9.17) is 4.74 Å².